The average molecular weight is 258 g/mol. The van der Waals surface area contributed by atoms with Crippen LogP contribution in [-0.2, 0) is 4.79 Å². The Bertz CT molecular complexity index is 257. The number of aliphatic hydroxyl groups is 1. The van der Waals surface area contributed by atoms with Crippen LogP contribution in [0.5, 0.6) is 0 Å². The Morgan fingerprint density at radius 3 is 2.82 bits per heavy atom. The largest absolute Gasteiger partial charge is 0.394 e. The van der Waals surface area contributed by atoms with Gasteiger partial charge in [-0.05, 0) is 38.8 Å². The van der Waals surface area contributed by atoms with Gasteiger partial charge in [0.25, 0.3) is 0 Å². The molecule has 2 rings (SSSR count). The molecule has 4 nitrogen and oxygen atoms in total. The molecule has 2 aliphatic heterocycles. The van der Waals surface area contributed by atoms with Crippen LogP contribution in [0.3, 0.4) is 0 Å². The number of carbonyl (C=O) groups excluding carboxylic acids is 1. The van der Waals surface area contributed by atoms with E-state index in [9.17, 15) is 9.90 Å². The van der Waals surface area contributed by atoms with Crippen molar-refractivity contribution in [3.8, 4) is 0 Å². The van der Waals surface area contributed by atoms with Gasteiger partial charge in [-0.2, -0.15) is 0 Å². The second-order valence-electron chi connectivity index (χ2n) is 4.83. The summed E-state index contributed by atoms with van der Waals surface area (Å²) >= 11 is 1.79. The number of hydrogen-bond donors (Lipinski definition) is 2. The maximum atomic E-state index is 12.0. The van der Waals surface area contributed by atoms with Gasteiger partial charge in [0.2, 0.25) is 5.91 Å². The molecule has 0 aliphatic carbocycles. The second-order valence-corrected chi connectivity index (χ2v) is 6.11. The lowest BCUT2D eigenvalue weighted by Gasteiger charge is -2.25. The van der Waals surface area contributed by atoms with E-state index >= 15 is 0 Å². The van der Waals surface area contributed by atoms with Gasteiger partial charge in [0.1, 0.15) is 0 Å². The molecule has 2 aliphatic rings. The Labute approximate surface area is 107 Å². The van der Waals surface area contributed by atoms with E-state index in [4.69, 9.17) is 0 Å². The van der Waals surface area contributed by atoms with Crippen molar-refractivity contribution in [2.75, 3.05) is 32.0 Å². The van der Waals surface area contributed by atoms with E-state index in [-0.39, 0.29) is 18.6 Å². The summed E-state index contributed by atoms with van der Waals surface area (Å²) < 4.78 is 0. The van der Waals surface area contributed by atoms with Crippen LogP contribution in [0.15, 0.2) is 0 Å². The van der Waals surface area contributed by atoms with Gasteiger partial charge in [0.15, 0.2) is 0 Å². The Morgan fingerprint density at radius 2 is 2.12 bits per heavy atom. The van der Waals surface area contributed by atoms with Crippen LogP contribution in [0.2, 0.25) is 0 Å². The summed E-state index contributed by atoms with van der Waals surface area (Å²) in [6, 6.07) is 0.0797. The SMILES string of the molecule is O=C(CSC1CCNCC1)N1CCCC1CO. The van der Waals surface area contributed by atoms with Crippen molar-refractivity contribution >= 4 is 17.7 Å². The van der Waals surface area contributed by atoms with E-state index in [2.05, 4.69) is 5.32 Å². The van der Waals surface area contributed by atoms with Crippen molar-refractivity contribution in [1.82, 2.24) is 10.2 Å². The molecule has 17 heavy (non-hydrogen) atoms. The maximum absolute atomic E-state index is 12.0. The Hall–Kier alpha value is -0.260. The minimum absolute atomic E-state index is 0.0797. The van der Waals surface area contributed by atoms with Gasteiger partial charge < -0.3 is 15.3 Å². The van der Waals surface area contributed by atoms with Crippen molar-refractivity contribution in [2.24, 2.45) is 0 Å². The molecule has 98 valence electrons. The predicted molar refractivity (Wildman–Crippen MR) is 70.2 cm³/mol. The fraction of sp³-hybridized carbons (Fsp3) is 0.917. The van der Waals surface area contributed by atoms with Crippen LogP contribution in [0.1, 0.15) is 25.7 Å². The third-order valence-corrected chi connectivity index (χ3v) is 4.99. The minimum Gasteiger partial charge on any atom is -0.394 e. The number of nitrogens with one attached hydrogen (secondary N) is 1. The average Bonchev–Trinajstić information content (AvgIpc) is 2.85. The van der Waals surface area contributed by atoms with Crippen molar-refractivity contribution in [3.05, 3.63) is 0 Å². The number of carbonyl (C=O) groups is 1. The van der Waals surface area contributed by atoms with Crippen molar-refractivity contribution < 1.29 is 9.90 Å². The fourth-order valence-electron chi connectivity index (χ4n) is 2.59. The molecule has 2 heterocycles. The van der Waals surface area contributed by atoms with Gasteiger partial charge in [0, 0.05) is 11.8 Å². The number of hydrogen-bond acceptors (Lipinski definition) is 4. The first kappa shape index (κ1) is 13.2. The third kappa shape index (κ3) is 3.60. The van der Waals surface area contributed by atoms with E-state index in [1.54, 1.807) is 11.8 Å². The van der Waals surface area contributed by atoms with Gasteiger partial charge in [-0.25, -0.2) is 0 Å². The van der Waals surface area contributed by atoms with Crippen LogP contribution in [0.25, 0.3) is 0 Å². The van der Waals surface area contributed by atoms with E-state index in [1.165, 1.54) is 12.8 Å². The lowest BCUT2D eigenvalue weighted by Crippen LogP contribution is -2.39. The summed E-state index contributed by atoms with van der Waals surface area (Å²) in [4.78, 5) is 13.9. The molecule has 0 saturated carbocycles. The fourth-order valence-corrected chi connectivity index (χ4v) is 3.70. The highest BCUT2D eigenvalue weighted by atomic mass is 32.2. The van der Waals surface area contributed by atoms with E-state index < -0.39 is 0 Å². The van der Waals surface area contributed by atoms with Crippen LogP contribution in [0.4, 0.5) is 0 Å². The summed E-state index contributed by atoms with van der Waals surface area (Å²) in [5, 5.41) is 13.2. The predicted octanol–water partition coefficient (Wildman–Crippen LogP) is 0.455. The molecule has 2 N–H and O–H groups in total. The van der Waals surface area contributed by atoms with Gasteiger partial charge in [-0.1, -0.05) is 0 Å². The highest BCUT2D eigenvalue weighted by Crippen LogP contribution is 2.23. The van der Waals surface area contributed by atoms with Gasteiger partial charge in [-0.3, -0.25) is 4.79 Å². The number of rotatable bonds is 4. The molecular formula is C12H22N2O2S. The Kier molecular flexibility index (Phi) is 5.13. The normalized spacial score (nSPS) is 26.4. The van der Waals surface area contributed by atoms with Crippen LogP contribution >= 0.6 is 11.8 Å². The Morgan fingerprint density at radius 1 is 1.35 bits per heavy atom. The number of likely N-dealkylation sites (tertiary alicyclic amines) is 1. The zero-order valence-corrected chi connectivity index (χ0v) is 11.0. The Balaban J connectivity index is 1.72. The molecule has 1 unspecified atom stereocenters. The summed E-state index contributed by atoms with van der Waals surface area (Å²) in [6.07, 6.45) is 4.33. The van der Waals surface area contributed by atoms with Crippen LogP contribution < -0.4 is 5.32 Å². The summed E-state index contributed by atoms with van der Waals surface area (Å²) in [6.45, 7) is 3.10. The number of nitrogens with zero attached hydrogens (tertiary/aromatic N) is 1. The standard InChI is InChI=1S/C12H22N2O2S/c15-8-10-2-1-7-14(10)12(16)9-17-11-3-5-13-6-4-11/h10-11,13,15H,1-9H2. The number of piperidine rings is 1. The summed E-state index contributed by atoms with van der Waals surface area (Å²) in [5.41, 5.74) is 0. The quantitative estimate of drug-likeness (QED) is 0.769. The molecule has 0 aromatic rings. The van der Waals surface area contributed by atoms with E-state index in [0.29, 0.717) is 11.0 Å². The molecule has 2 fully saturated rings. The maximum Gasteiger partial charge on any atom is 0.232 e. The molecule has 2 saturated heterocycles. The number of amides is 1. The molecule has 0 spiro atoms. The topological polar surface area (TPSA) is 52.6 Å². The smallest absolute Gasteiger partial charge is 0.232 e. The molecule has 0 bridgehead atoms. The number of aliphatic hydroxyl groups excluding tert-OH is 1. The lowest BCUT2D eigenvalue weighted by atomic mass is 10.2. The van der Waals surface area contributed by atoms with Crippen LogP contribution in [0, 0.1) is 0 Å². The summed E-state index contributed by atoms with van der Waals surface area (Å²) in [7, 11) is 0. The van der Waals surface area contributed by atoms with Gasteiger partial charge in [-0.15, -0.1) is 11.8 Å². The van der Waals surface area contributed by atoms with Crippen molar-refractivity contribution in [3.63, 3.8) is 0 Å². The third-order valence-electron chi connectivity index (χ3n) is 3.64. The van der Waals surface area contributed by atoms with Gasteiger partial charge >= 0.3 is 0 Å². The molecule has 5 heteroatoms. The summed E-state index contributed by atoms with van der Waals surface area (Å²) in [5.74, 6) is 0.798. The first-order chi connectivity index (χ1) is 8.31. The number of thioether (sulfide) groups is 1. The molecule has 1 atom stereocenters. The molecular weight excluding hydrogens is 236 g/mol. The van der Waals surface area contributed by atoms with E-state index in [0.717, 1.165) is 32.5 Å². The first-order valence-corrected chi connectivity index (χ1v) is 7.59. The molecule has 0 aromatic heterocycles. The minimum atomic E-state index is 0.0797. The second kappa shape index (κ2) is 6.61. The van der Waals surface area contributed by atoms with Crippen molar-refractivity contribution in [2.45, 2.75) is 37.0 Å². The highest BCUT2D eigenvalue weighted by molar-refractivity contribution is 8.00. The van der Waals surface area contributed by atoms with Crippen LogP contribution in [-0.4, -0.2) is 59.2 Å². The highest BCUT2D eigenvalue weighted by Gasteiger charge is 2.28. The lowest BCUT2D eigenvalue weighted by molar-refractivity contribution is -0.129. The molecule has 0 radical (unpaired) electrons. The monoisotopic (exact) mass is 258 g/mol. The van der Waals surface area contributed by atoms with Gasteiger partial charge in [0.05, 0.1) is 18.4 Å². The molecule has 0 aromatic carbocycles. The first-order valence-electron chi connectivity index (χ1n) is 6.54. The van der Waals surface area contributed by atoms with Crippen molar-refractivity contribution in [1.29, 1.82) is 0 Å². The zero-order valence-electron chi connectivity index (χ0n) is 10.2. The molecule has 1 amide bonds. The van der Waals surface area contributed by atoms with E-state index in [1.807, 2.05) is 4.90 Å². The zero-order chi connectivity index (χ0) is 12.1.